The van der Waals surface area contributed by atoms with E-state index in [4.69, 9.17) is 18.9 Å². The Labute approximate surface area is 182 Å². The largest absolute Gasteiger partial charge is 0.486 e. The smallest absolute Gasteiger partial charge is 0.208 e. The standard InChI is InChI=1S/C25H29O4S/c1-26-16-17-27-18-19-28-20-21-29-24-14-8-9-15-25(24)30(22-10-4-2-5-11-22)23-12-6-3-7-13-23/h2-15H,16-21H2,1H3/q+1. The van der Waals surface area contributed by atoms with Gasteiger partial charge in [-0.1, -0.05) is 48.5 Å². The third-order valence-corrected chi connectivity index (χ3v) is 6.58. The van der Waals surface area contributed by atoms with Gasteiger partial charge in [0.05, 0.1) is 33.0 Å². The first kappa shape index (κ1) is 22.4. The van der Waals surface area contributed by atoms with Gasteiger partial charge in [-0.25, -0.2) is 0 Å². The predicted molar refractivity (Wildman–Crippen MR) is 120 cm³/mol. The first-order valence-electron chi connectivity index (χ1n) is 10.1. The molecule has 0 spiro atoms. The van der Waals surface area contributed by atoms with Crippen molar-refractivity contribution in [2.75, 3.05) is 46.8 Å². The molecule has 0 radical (unpaired) electrons. The lowest BCUT2D eigenvalue weighted by molar-refractivity contribution is 0.0178. The molecule has 0 atom stereocenters. The van der Waals surface area contributed by atoms with Gasteiger partial charge in [0, 0.05) is 7.11 Å². The molecule has 4 nitrogen and oxygen atoms in total. The van der Waals surface area contributed by atoms with Crippen LogP contribution in [0.25, 0.3) is 0 Å². The van der Waals surface area contributed by atoms with Crippen LogP contribution in [0.5, 0.6) is 5.75 Å². The van der Waals surface area contributed by atoms with Crippen molar-refractivity contribution in [3.05, 3.63) is 84.9 Å². The van der Waals surface area contributed by atoms with E-state index in [9.17, 15) is 0 Å². The van der Waals surface area contributed by atoms with Crippen LogP contribution >= 0.6 is 0 Å². The maximum absolute atomic E-state index is 6.13. The van der Waals surface area contributed by atoms with E-state index in [0.29, 0.717) is 39.6 Å². The second-order valence-electron chi connectivity index (χ2n) is 6.45. The highest BCUT2D eigenvalue weighted by Crippen LogP contribution is 2.36. The third-order valence-electron chi connectivity index (χ3n) is 4.32. The number of hydrogen-bond acceptors (Lipinski definition) is 4. The molecule has 30 heavy (non-hydrogen) atoms. The molecule has 0 unspecified atom stereocenters. The summed E-state index contributed by atoms with van der Waals surface area (Å²) in [5, 5.41) is 0. The summed E-state index contributed by atoms with van der Waals surface area (Å²) in [5.41, 5.74) is 0. The average molecular weight is 426 g/mol. The van der Waals surface area contributed by atoms with Crippen LogP contribution < -0.4 is 4.74 Å². The van der Waals surface area contributed by atoms with Crippen molar-refractivity contribution in [3.8, 4) is 5.75 Å². The van der Waals surface area contributed by atoms with Crippen LogP contribution in [0, 0.1) is 0 Å². The van der Waals surface area contributed by atoms with Crippen LogP contribution in [0.3, 0.4) is 0 Å². The molecule has 0 aliphatic heterocycles. The van der Waals surface area contributed by atoms with Gasteiger partial charge < -0.3 is 18.9 Å². The maximum atomic E-state index is 6.13. The van der Waals surface area contributed by atoms with Gasteiger partial charge in [0.15, 0.2) is 15.5 Å². The molecule has 0 aromatic heterocycles. The molecule has 0 N–H and O–H groups in total. The number of methoxy groups -OCH3 is 1. The van der Waals surface area contributed by atoms with Crippen LogP contribution in [-0.4, -0.2) is 46.8 Å². The molecule has 0 bridgehead atoms. The van der Waals surface area contributed by atoms with Crippen molar-refractivity contribution >= 4 is 10.9 Å². The number of rotatable bonds is 13. The second-order valence-corrected chi connectivity index (χ2v) is 8.44. The minimum atomic E-state index is -0.237. The van der Waals surface area contributed by atoms with Crippen LogP contribution in [0.1, 0.15) is 0 Å². The van der Waals surface area contributed by atoms with Crippen LogP contribution in [-0.2, 0) is 25.1 Å². The molecular weight excluding hydrogens is 396 g/mol. The minimum absolute atomic E-state index is 0.237. The lowest BCUT2D eigenvalue weighted by Gasteiger charge is -2.13. The molecule has 158 valence electrons. The van der Waals surface area contributed by atoms with Crippen molar-refractivity contribution < 1.29 is 18.9 Å². The Morgan fingerprint density at radius 2 is 1.07 bits per heavy atom. The average Bonchev–Trinajstić information content (AvgIpc) is 2.80. The molecule has 0 aliphatic rings. The van der Waals surface area contributed by atoms with Gasteiger partial charge in [0.2, 0.25) is 4.90 Å². The summed E-state index contributed by atoms with van der Waals surface area (Å²) in [6.45, 7) is 3.32. The first-order chi connectivity index (χ1) is 14.9. The van der Waals surface area contributed by atoms with E-state index in [1.807, 2.05) is 12.1 Å². The monoisotopic (exact) mass is 425 g/mol. The van der Waals surface area contributed by atoms with Crippen molar-refractivity contribution in [2.45, 2.75) is 14.7 Å². The molecule has 3 aromatic carbocycles. The maximum Gasteiger partial charge on any atom is 0.208 e. The summed E-state index contributed by atoms with van der Waals surface area (Å²) >= 11 is 0. The molecule has 0 aliphatic carbocycles. The highest BCUT2D eigenvalue weighted by molar-refractivity contribution is 7.97. The van der Waals surface area contributed by atoms with Crippen LogP contribution in [0.4, 0.5) is 0 Å². The molecule has 0 saturated heterocycles. The molecule has 0 amide bonds. The van der Waals surface area contributed by atoms with Gasteiger partial charge in [-0.2, -0.15) is 0 Å². The van der Waals surface area contributed by atoms with E-state index in [0.717, 1.165) is 5.75 Å². The third kappa shape index (κ3) is 6.89. The van der Waals surface area contributed by atoms with E-state index in [1.165, 1.54) is 14.7 Å². The van der Waals surface area contributed by atoms with Gasteiger partial charge in [-0.15, -0.1) is 0 Å². The number of benzene rings is 3. The zero-order chi connectivity index (χ0) is 20.9. The van der Waals surface area contributed by atoms with E-state index < -0.39 is 0 Å². The van der Waals surface area contributed by atoms with Gasteiger partial charge in [0.25, 0.3) is 0 Å². The van der Waals surface area contributed by atoms with Gasteiger partial charge in [0.1, 0.15) is 17.5 Å². The summed E-state index contributed by atoms with van der Waals surface area (Å²) in [4.78, 5) is 3.71. The van der Waals surface area contributed by atoms with E-state index in [1.54, 1.807) is 7.11 Å². The van der Waals surface area contributed by atoms with Crippen LogP contribution in [0.15, 0.2) is 99.6 Å². The van der Waals surface area contributed by atoms with E-state index in [2.05, 4.69) is 72.8 Å². The van der Waals surface area contributed by atoms with Crippen molar-refractivity contribution in [1.82, 2.24) is 0 Å². The number of para-hydroxylation sites is 1. The summed E-state index contributed by atoms with van der Waals surface area (Å²) in [5.74, 6) is 0.897. The minimum Gasteiger partial charge on any atom is -0.486 e. The van der Waals surface area contributed by atoms with Crippen molar-refractivity contribution in [3.63, 3.8) is 0 Å². The Balaban J connectivity index is 1.64. The van der Waals surface area contributed by atoms with Gasteiger partial charge >= 0.3 is 0 Å². The quantitative estimate of drug-likeness (QED) is 0.290. The lowest BCUT2D eigenvalue weighted by atomic mass is 10.3. The zero-order valence-electron chi connectivity index (χ0n) is 17.4. The lowest BCUT2D eigenvalue weighted by Crippen LogP contribution is -2.13. The van der Waals surface area contributed by atoms with Gasteiger partial charge in [-0.05, 0) is 36.4 Å². The van der Waals surface area contributed by atoms with E-state index >= 15 is 0 Å². The molecule has 0 fully saturated rings. The summed E-state index contributed by atoms with van der Waals surface area (Å²) in [7, 11) is 1.42. The molecule has 0 heterocycles. The summed E-state index contributed by atoms with van der Waals surface area (Å²) in [6, 6.07) is 29.5. The molecule has 5 heteroatoms. The SMILES string of the molecule is COCCOCCOCCOc1ccccc1[S+](c1ccccc1)c1ccccc1. The summed E-state index contributed by atoms with van der Waals surface area (Å²) < 4.78 is 22.1. The molecule has 3 rings (SSSR count). The van der Waals surface area contributed by atoms with Crippen molar-refractivity contribution in [1.29, 1.82) is 0 Å². The Morgan fingerprint density at radius 3 is 1.67 bits per heavy atom. The van der Waals surface area contributed by atoms with Crippen molar-refractivity contribution in [2.24, 2.45) is 0 Å². The van der Waals surface area contributed by atoms with Gasteiger partial charge in [-0.3, -0.25) is 0 Å². The number of ether oxygens (including phenoxy) is 4. The molecule has 0 saturated carbocycles. The molecule has 3 aromatic rings. The Hall–Kier alpha value is -2.31. The first-order valence-corrected chi connectivity index (χ1v) is 11.3. The Bertz CT molecular complexity index is 803. The second kappa shape index (κ2) is 13.1. The normalized spacial score (nSPS) is 11.0. The highest BCUT2D eigenvalue weighted by atomic mass is 32.2. The highest BCUT2D eigenvalue weighted by Gasteiger charge is 2.31. The number of hydrogen-bond donors (Lipinski definition) is 0. The fourth-order valence-electron chi connectivity index (χ4n) is 2.92. The topological polar surface area (TPSA) is 36.9 Å². The Kier molecular flexibility index (Phi) is 9.76. The fourth-order valence-corrected chi connectivity index (χ4v) is 5.10. The summed E-state index contributed by atoms with van der Waals surface area (Å²) in [6.07, 6.45) is 0. The predicted octanol–water partition coefficient (Wildman–Crippen LogP) is 4.84. The Morgan fingerprint density at radius 1 is 0.567 bits per heavy atom. The van der Waals surface area contributed by atoms with Crippen LogP contribution in [0.2, 0.25) is 0 Å². The molecular formula is C25H29O4S+. The van der Waals surface area contributed by atoms with E-state index in [-0.39, 0.29) is 10.9 Å². The zero-order valence-corrected chi connectivity index (χ0v) is 18.2. The fraction of sp³-hybridized carbons (Fsp3) is 0.280.